The molecule has 1 aliphatic rings. The fourth-order valence-electron chi connectivity index (χ4n) is 10.7. The van der Waals surface area contributed by atoms with Gasteiger partial charge in [-0.3, -0.25) is 49.0 Å². The number of carbonyl (C=O) groups excluding carboxylic acids is 2. The summed E-state index contributed by atoms with van der Waals surface area (Å²) in [5.74, 6) is -3.86. The summed E-state index contributed by atoms with van der Waals surface area (Å²) in [6, 6.07) is 25.0. The van der Waals surface area contributed by atoms with Crippen LogP contribution in [0.4, 0.5) is 76.7 Å². The Labute approximate surface area is 684 Å². The molecule has 0 bridgehead atoms. The number of carboxylic acids is 1. The molecule has 1 aliphatic heterocycles. The highest BCUT2D eigenvalue weighted by Crippen LogP contribution is 2.39. The van der Waals surface area contributed by atoms with E-state index in [1.807, 2.05) is 13.8 Å². The molecule has 0 radical (unpaired) electrons. The van der Waals surface area contributed by atoms with E-state index in [0.717, 1.165) is 39.8 Å². The maximum Gasteiger partial charge on any atom is 0.488 e. The van der Waals surface area contributed by atoms with Gasteiger partial charge in [-0.05, 0) is 149 Å². The van der Waals surface area contributed by atoms with Gasteiger partial charge in [-0.25, -0.2) is 45.5 Å². The molecule has 3 unspecified atom stereocenters. The summed E-state index contributed by atoms with van der Waals surface area (Å²) in [7, 11) is -1.51. The van der Waals surface area contributed by atoms with E-state index in [1.165, 1.54) is 145 Å². The van der Waals surface area contributed by atoms with Crippen LogP contribution in [-0.4, -0.2) is 159 Å². The number of aromatic amines is 1. The highest BCUT2D eigenvalue weighted by Gasteiger charge is 2.42. The van der Waals surface area contributed by atoms with Crippen molar-refractivity contribution in [2.75, 3.05) is 35.7 Å². The Morgan fingerprint density at radius 1 is 0.567 bits per heavy atom. The van der Waals surface area contributed by atoms with E-state index in [4.69, 9.17) is 60.8 Å². The van der Waals surface area contributed by atoms with E-state index in [-0.39, 0.29) is 76.5 Å². The first-order chi connectivity index (χ1) is 56.7. The molecule has 14 rings (SSSR count). The van der Waals surface area contributed by atoms with Crippen LogP contribution in [0.2, 0.25) is 15.1 Å². The van der Waals surface area contributed by atoms with Crippen molar-refractivity contribution >= 4 is 93.6 Å². The molecule has 13 aromatic rings. The van der Waals surface area contributed by atoms with E-state index in [0.29, 0.717) is 50.9 Å². The monoisotopic (exact) mass is 1740 g/mol. The number of aliphatic hydroxyl groups excluding tert-OH is 2. The molecule has 9 N–H and O–H groups in total. The van der Waals surface area contributed by atoms with Gasteiger partial charge in [0.05, 0.1) is 131 Å². The second-order valence-corrected chi connectivity index (χ2v) is 26.1. The molecular formula is C72H66BCl3F11N21O12. The number of aryl methyl sites for hydroxylation is 1. The molecule has 0 aliphatic carbocycles. The third-order valence-electron chi connectivity index (χ3n) is 16.7. The SMILES string of the molecule is Cc1c(Cl)c(C(F)(F)F)nn1C(CCO)C(=O)Nc1cnn(-c2ccc(F)cc2)c1.Cc1c(Cl)c(C(F)(F)F)nn1C(CCO)C(=O)O.Cc1nn(C2CCN(c3cnn(-c4ccc(F)cc4)c3)C2=O)c(C)c1Cl.Nc1cnn(-c2ccc(F)cc2)c1.O=[N+]([O-])c1cn[nH]c1.O=[N+]([O-])c1cnn(-c2ccc(F)cc2)c1.OB(O)c1ccc(F)cc1. The van der Waals surface area contributed by atoms with Gasteiger partial charge in [0.15, 0.2) is 17.4 Å². The van der Waals surface area contributed by atoms with Crippen LogP contribution in [0.15, 0.2) is 183 Å². The molecule has 120 heavy (non-hydrogen) atoms. The van der Waals surface area contributed by atoms with Crippen molar-refractivity contribution in [2.24, 2.45) is 0 Å². The zero-order valence-electron chi connectivity index (χ0n) is 62.4. The number of hydrogen-bond donors (Lipinski definition) is 8. The lowest BCUT2D eigenvalue weighted by atomic mass is 9.80. The third-order valence-corrected chi connectivity index (χ3v) is 18.2. The molecule has 0 spiro atoms. The highest BCUT2D eigenvalue weighted by molar-refractivity contribution is 6.58. The molecule has 9 heterocycles. The van der Waals surface area contributed by atoms with Crippen LogP contribution in [0.25, 0.3) is 22.7 Å². The van der Waals surface area contributed by atoms with Crippen molar-refractivity contribution in [3.05, 3.63) is 282 Å². The number of nitrogens with zero attached hydrogens (tertiary/aromatic N) is 18. The number of nitrogen functional groups attached to an aromatic ring is 1. The molecule has 632 valence electrons. The second kappa shape index (κ2) is 41.3. The predicted molar refractivity (Wildman–Crippen MR) is 411 cm³/mol. The number of benzene rings is 5. The van der Waals surface area contributed by atoms with Gasteiger partial charge in [0.25, 0.3) is 5.91 Å². The number of aromatic nitrogens is 16. The normalized spacial score (nSPS) is 12.8. The van der Waals surface area contributed by atoms with Crippen molar-refractivity contribution < 1.29 is 97.9 Å². The topological polar surface area (TPSA) is 433 Å². The number of nitrogens with one attached hydrogen (secondary N) is 2. The van der Waals surface area contributed by atoms with Gasteiger partial charge in [0.1, 0.15) is 59.8 Å². The summed E-state index contributed by atoms with van der Waals surface area (Å²) < 4.78 is 149. The van der Waals surface area contributed by atoms with Crippen molar-refractivity contribution in [1.29, 1.82) is 0 Å². The summed E-state index contributed by atoms with van der Waals surface area (Å²) >= 11 is 17.5. The number of aliphatic hydroxyl groups is 2. The standard InChI is InChI=1S/C18H16ClF4N5O2.C18H17ClFN5O.C9H10ClF3N2O3.C9H6FN3O2.C9H8FN3.C6H6BFO2.C3H3N3O2/c1-10-15(19)16(18(21,22)23)26-28(10)14(6-7-29)17(30)25-12-8-24-27(9-12)13-4-2-11(20)3-5-13;1-11-17(19)12(2)25(22-11)16-7-8-23(18(16)26)15-9-21-24(10-15)14-5-3-13(20)4-6-14;1-4-6(10)7(9(11,12)13)14-15(4)5(2-3-16)8(17)18;10-7-1-3-8(4-2-7)12-6-9(5-11-12)13(14)15;10-7-1-3-9(4-2-7)13-6-8(11)5-12-13;8-6-3-1-5(2-4-6)7(9)10;7-6(8)3-1-4-5-2-3/h2-5,8-9,14,29H,6-7H2,1H3,(H,25,30);3-6,9-10,16H,7-8H2,1-2H3;5,16H,2-3H2,1H3,(H,17,18);1-6H;1-6H,11H2;1-4,9-10H;1-2H,(H,4,5). The van der Waals surface area contributed by atoms with Gasteiger partial charge in [0.2, 0.25) is 5.91 Å². The Morgan fingerprint density at radius 2 is 0.983 bits per heavy atom. The van der Waals surface area contributed by atoms with Crippen LogP contribution >= 0.6 is 34.8 Å². The maximum atomic E-state index is 13.1. The number of alkyl halides is 6. The number of rotatable bonds is 18. The number of H-pyrrole nitrogens is 1. The number of nitro groups is 2. The first kappa shape index (κ1) is 92.3. The number of hydrogen-bond acceptors (Lipinski definition) is 20. The Morgan fingerprint density at radius 3 is 1.36 bits per heavy atom. The summed E-state index contributed by atoms with van der Waals surface area (Å²) in [4.78, 5) is 57.4. The van der Waals surface area contributed by atoms with Crippen molar-refractivity contribution in [2.45, 2.75) is 77.4 Å². The molecule has 3 atom stereocenters. The zero-order valence-corrected chi connectivity index (χ0v) is 64.7. The number of aliphatic carboxylic acids is 1. The quantitative estimate of drug-likeness (QED) is 0.0171. The van der Waals surface area contributed by atoms with Crippen LogP contribution in [0, 0.1) is 77.0 Å². The molecule has 2 amide bonds. The van der Waals surface area contributed by atoms with Gasteiger partial charge in [-0.15, -0.1) is 0 Å². The largest absolute Gasteiger partial charge is 0.488 e. The van der Waals surface area contributed by atoms with Crippen molar-refractivity contribution in [3.63, 3.8) is 0 Å². The highest BCUT2D eigenvalue weighted by atomic mass is 35.5. The molecule has 0 saturated carbocycles. The van der Waals surface area contributed by atoms with E-state index in [2.05, 4.69) is 51.2 Å². The maximum absolute atomic E-state index is 13.1. The van der Waals surface area contributed by atoms with Gasteiger partial charge < -0.3 is 41.3 Å². The van der Waals surface area contributed by atoms with Gasteiger partial charge in [-0.2, -0.15) is 67.1 Å². The predicted octanol–water partition coefficient (Wildman–Crippen LogP) is 12.4. The Hall–Kier alpha value is -13.2. The number of halogens is 14. The number of amides is 2. The molecule has 33 nitrogen and oxygen atoms in total. The van der Waals surface area contributed by atoms with E-state index >= 15 is 0 Å². The second-order valence-electron chi connectivity index (χ2n) is 25.0. The molecule has 1 saturated heterocycles. The van der Waals surface area contributed by atoms with Crippen LogP contribution < -0.4 is 21.4 Å². The fourth-order valence-corrected chi connectivity index (χ4v) is 11.3. The summed E-state index contributed by atoms with van der Waals surface area (Å²) in [6.45, 7) is 5.85. The number of carboxylic acid groups (broad SMARTS) is 1. The van der Waals surface area contributed by atoms with E-state index in [1.54, 1.807) is 68.0 Å². The minimum atomic E-state index is -4.79. The number of nitrogens with two attached hydrogens (primary N) is 1. The van der Waals surface area contributed by atoms with Crippen LogP contribution in [0.3, 0.4) is 0 Å². The summed E-state index contributed by atoms with van der Waals surface area (Å²) in [5, 5.41) is 98.9. The lowest BCUT2D eigenvalue weighted by Gasteiger charge is -2.17. The minimum absolute atomic E-state index is 0.00926. The average Bonchev–Trinajstić information content (AvgIpc) is 1.91. The first-order valence-corrected chi connectivity index (χ1v) is 35.6. The van der Waals surface area contributed by atoms with Crippen LogP contribution in [0.1, 0.15) is 71.6 Å². The van der Waals surface area contributed by atoms with Crippen LogP contribution in [0.5, 0.6) is 0 Å². The average molecular weight is 1740 g/mol. The number of carbonyl (C=O) groups is 3. The van der Waals surface area contributed by atoms with Gasteiger partial charge in [-0.1, -0.05) is 46.9 Å². The Bertz CT molecular complexity index is 5600. The Kier molecular flexibility index (Phi) is 31.7. The molecule has 5 aromatic carbocycles. The lowest BCUT2D eigenvalue weighted by molar-refractivity contribution is -0.385. The number of anilines is 3. The van der Waals surface area contributed by atoms with Crippen molar-refractivity contribution in [1.82, 2.24) is 78.7 Å². The zero-order chi connectivity index (χ0) is 88.2. The summed E-state index contributed by atoms with van der Waals surface area (Å²) in [6.07, 6.45) is 4.84. The molecular weight excluding hydrogens is 1680 g/mol. The van der Waals surface area contributed by atoms with E-state index in [9.17, 15) is 88.0 Å². The molecule has 1 fully saturated rings. The molecule has 8 aromatic heterocycles. The van der Waals surface area contributed by atoms with Gasteiger partial charge >= 0.3 is 36.8 Å². The third kappa shape index (κ3) is 24.5. The molecule has 48 heteroatoms. The van der Waals surface area contributed by atoms with E-state index < -0.39 is 93.7 Å². The lowest BCUT2D eigenvalue weighted by Crippen LogP contribution is -2.29. The summed E-state index contributed by atoms with van der Waals surface area (Å²) in [5.41, 5.74) is 8.57. The van der Waals surface area contributed by atoms with Crippen LogP contribution in [-0.2, 0) is 26.7 Å². The fraction of sp³-hybridized carbons (Fsp3) is 0.208. The first-order valence-electron chi connectivity index (χ1n) is 34.5. The van der Waals surface area contributed by atoms with Gasteiger partial charge in [0, 0.05) is 32.6 Å². The Balaban J connectivity index is 0.000000181. The minimum Gasteiger partial charge on any atom is -0.480 e. The van der Waals surface area contributed by atoms with Crippen molar-refractivity contribution in [3.8, 4) is 22.7 Å². The smallest absolute Gasteiger partial charge is 0.480 e.